The van der Waals surface area contributed by atoms with Crippen LogP contribution in [0.5, 0.6) is 0 Å². The van der Waals surface area contributed by atoms with Gasteiger partial charge in [-0.05, 0) is 3.39 Å². The average Bonchev–Trinajstić information content (AvgIpc) is 2.75. The molecule has 0 aliphatic carbocycles. The Hall–Kier alpha value is -0.0805. The van der Waals surface area contributed by atoms with Crippen molar-refractivity contribution < 1.29 is 17.1 Å². The molecule has 0 N–H and O–H groups in total. The minimum atomic E-state index is 0. The molecule has 0 aliphatic rings. The van der Waals surface area contributed by atoms with Crippen LogP contribution >= 0.6 is 31.9 Å². The molecular weight excluding hydrogens is 360 g/mol. The zero-order valence-corrected chi connectivity index (χ0v) is 12.2. The summed E-state index contributed by atoms with van der Waals surface area (Å²) in [6, 6.07) is 18.1. The summed E-state index contributed by atoms with van der Waals surface area (Å²) in [5.74, 6) is 0. The standard InChI is InChI=1S/C7H5Br2.C5H5.Fe/c8-7(9)5-6-3-1-2-4-6;1-2-4-5-3-1;/h1-5H;1-5H;/q2*-1;+2. The van der Waals surface area contributed by atoms with Crippen molar-refractivity contribution in [3.05, 3.63) is 63.6 Å². The molecule has 0 saturated heterocycles. The summed E-state index contributed by atoms with van der Waals surface area (Å²) in [7, 11) is 0. The quantitative estimate of drug-likeness (QED) is 0.495. The van der Waals surface area contributed by atoms with E-state index in [1.165, 1.54) is 5.56 Å². The summed E-state index contributed by atoms with van der Waals surface area (Å²) in [5, 5.41) is 0. The molecule has 0 fully saturated rings. The Morgan fingerprint density at radius 3 is 1.87 bits per heavy atom. The molecule has 0 aliphatic heterocycles. The van der Waals surface area contributed by atoms with Gasteiger partial charge in [0.1, 0.15) is 0 Å². The van der Waals surface area contributed by atoms with Gasteiger partial charge in [0.15, 0.2) is 0 Å². The normalized spacial score (nSPS) is 8.13. The van der Waals surface area contributed by atoms with Crippen LogP contribution < -0.4 is 0 Å². The van der Waals surface area contributed by atoms with Gasteiger partial charge in [-0.15, -0.1) is 55.6 Å². The van der Waals surface area contributed by atoms with E-state index < -0.39 is 0 Å². The topological polar surface area (TPSA) is 0 Å². The molecular formula is C12H10Br2Fe. The van der Waals surface area contributed by atoms with E-state index in [0.717, 1.165) is 3.39 Å². The second-order valence-electron chi connectivity index (χ2n) is 2.61. The first kappa shape index (κ1) is 14.9. The van der Waals surface area contributed by atoms with Crippen molar-refractivity contribution in [2.75, 3.05) is 0 Å². The van der Waals surface area contributed by atoms with E-state index in [1.54, 1.807) is 0 Å². The van der Waals surface area contributed by atoms with Crippen molar-refractivity contribution in [1.82, 2.24) is 0 Å². The summed E-state index contributed by atoms with van der Waals surface area (Å²) < 4.78 is 0.973. The van der Waals surface area contributed by atoms with Crippen molar-refractivity contribution in [3.63, 3.8) is 0 Å². The SMILES string of the molecule is BrC(Br)=C[c-]1cccc1.[Fe+2].c1cc[cH-]c1. The van der Waals surface area contributed by atoms with E-state index in [4.69, 9.17) is 0 Å². The third kappa shape index (κ3) is 7.80. The molecule has 0 heterocycles. The van der Waals surface area contributed by atoms with Gasteiger partial charge in [-0.2, -0.15) is 30.3 Å². The second kappa shape index (κ2) is 9.17. The third-order valence-corrected chi connectivity index (χ3v) is 1.98. The molecule has 3 heteroatoms. The Morgan fingerprint density at radius 1 is 1.00 bits per heavy atom. The predicted molar refractivity (Wildman–Crippen MR) is 69.9 cm³/mol. The minimum Gasteiger partial charge on any atom is -0.214 e. The number of hydrogen-bond donors (Lipinski definition) is 0. The first-order valence-corrected chi connectivity index (χ1v) is 5.79. The van der Waals surface area contributed by atoms with E-state index in [2.05, 4.69) is 31.9 Å². The first-order valence-electron chi connectivity index (χ1n) is 4.20. The van der Waals surface area contributed by atoms with Gasteiger partial charge in [-0.3, -0.25) is 0 Å². The van der Waals surface area contributed by atoms with Crippen LogP contribution in [0.1, 0.15) is 5.56 Å². The molecule has 0 amide bonds. The van der Waals surface area contributed by atoms with Crippen molar-refractivity contribution in [2.24, 2.45) is 0 Å². The van der Waals surface area contributed by atoms with Crippen LogP contribution in [0.4, 0.5) is 0 Å². The smallest absolute Gasteiger partial charge is 0.214 e. The Kier molecular flexibility index (Phi) is 9.12. The molecule has 2 rings (SSSR count). The van der Waals surface area contributed by atoms with Gasteiger partial charge in [0, 0.05) is 0 Å². The monoisotopic (exact) mass is 368 g/mol. The van der Waals surface area contributed by atoms with Gasteiger partial charge in [-0.25, -0.2) is 12.1 Å². The van der Waals surface area contributed by atoms with Gasteiger partial charge in [0.05, 0.1) is 0 Å². The molecule has 0 spiro atoms. The predicted octanol–water partition coefficient (Wildman–Crippen LogP) is 4.90. The maximum absolute atomic E-state index is 3.27. The van der Waals surface area contributed by atoms with E-state index in [9.17, 15) is 0 Å². The van der Waals surface area contributed by atoms with Crippen molar-refractivity contribution in [1.29, 1.82) is 0 Å². The summed E-state index contributed by atoms with van der Waals surface area (Å²) >= 11 is 6.55. The van der Waals surface area contributed by atoms with Crippen LogP contribution in [-0.2, 0) is 17.1 Å². The van der Waals surface area contributed by atoms with Crippen molar-refractivity contribution in [2.45, 2.75) is 0 Å². The molecule has 80 valence electrons. The van der Waals surface area contributed by atoms with Crippen LogP contribution in [0, 0.1) is 0 Å². The number of rotatable bonds is 1. The molecule has 0 bridgehead atoms. The molecule has 0 saturated carbocycles. The Bertz CT molecular complexity index is 326. The summed E-state index contributed by atoms with van der Waals surface area (Å²) in [6.07, 6.45) is 2.00. The van der Waals surface area contributed by atoms with Crippen LogP contribution in [0.15, 0.2) is 58.0 Å². The van der Waals surface area contributed by atoms with Crippen LogP contribution in [0.25, 0.3) is 6.08 Å². The fraction of sp³-hybridized carbons (Fsp3) is 0. The largest absolute Gasteiger partial charge is 2.00 e. The van der Waals surface area contributed by atoms with E-state index in [0.29, 0.717) is 0 Å². The molecule has 0 atom stereocenters. The second-order valence-corrected chi connectivity index (χ2v) is 5.39. The van der Waals surface area contributed by atoms with Crippen molar-refractivity contribution >= 4 is 37.9 Å². The fourth-order valence-electron chi connectivity index (χ4n) is 0.932. The molecule has 2 aromatic carbocycles. The average molecular weight is 370 g/mol. The van der Waals surface area contributed by atoms with Crippen LogP contribution in [-0.4, -0.2) is 0 Å². The van der Waals surface area contributed by atoms with E-state index in [1.807, 2.05) is 60.7 Å². The first-order chi connectivity index (χ1) is 6.79. The van der Waals surface area contributed by atoms with Crippen molar-refractivity contribution in [3.8, 4) is 0 Å². The maximum Gasteiger partial charge on any atom is 2.00 e. The molecule has 0 unspecified atom stereocenters. The summed E-state index contributed by atoms with van der Waals surface area (Å²) in [6.45, 7) is 0. The van der Waals surface area contributed by atoms with Gasteiger partial charge >= 0.3 is 17.1 Å². The van der Waals surface area contributed by atoms with Gasteiger partial charge in [-0.1, -0.05) is 0 Å². The van der Waals surface area contributed by atoms with Gasteiger partial charge in [0.25, 0.3) is 0 Å². The maximum atomic E-state index is 3.27. The van der Waals surface area contributed by atoms with Gasteiger partial charge < -0.3 is 0 Å². The van der Waals surface area contributed by atoms with E-state index >= 15 is 0 Å². The molecule has 0 radical (unpaired) electrons. The number of halogens is 2. The van der Waals surface area contributed by atoms with Gasteiger partial charge in [0.2, 0.25) is 0 Å². The van der Waals surface area contributed by atoms with Crippen LogP contribution in [0.3, 0.4) is 0 Å². The summed E-state index contributed by atoms with van der Waals surface area (Å²) in [5.41, 5.74) is 1.21. The Balaban J connectivity index is 0.000000280. The number of hydrogen-bond acceptors (Lipinski definition) is 0. The zero-order valence-electron chi connectivity index (χ0n) is 7.88. The Morgan fingerprint density at radius 2 is 1.53 bits per heavy atom. The molecule has 0 aromatic heterocycles. The third-order valence-electron chi connectivity index (χ3n) is 1.52. The molecule has 0 nitrogen and oxygen atoms in total. The fourth-order valence-corrected chi connectivity index (χ4v) is 1.46. The molecule has 15 heavy (non-hydrogen) atoms. The van der Waals surface area contributed by atoms with Crippen LogP contribution in [0.2, 0.25) is 0 Å². The minimum absolute atomic E-state index is 0. The van der Waals surface area contributed by atoms with E-state index in [-0.39, 0.29) is 17.1 Å². The molecule has 2 aromatic rings. The summed E-state index contributed by atoms with van der Waals surface area (Å²) in [4.78, 5) is 0. The zero-order chi connectivity index (χ0) is 10.2. The Labute approximate surface area is 118 Å².